The van der Waals surface area contributed by atoms with E-state index in [1.807, 2.05) is 13.8 Å². The molecule has 2 N–H and O–H groups in total. The largest absolute Gasteiger partial charge is 0.379 e. The zero-order valence-electron chi connectivity index (χ0n) is 9.71. The highest BCUT2D eigenvalue weighted by molar-refractivity contribution is 5.80. The minimum atomic E-state index is -0.553. The van der Waals surface area contributed by atoms with Gasteiger partial charge in [0, 0.05) is 12.3 Å². The van der Waals surface area contributed by atoms with Crippen LogP contribution in [0.3, 0.4) is 0 Å². The van der Waals surface area contributed by atoms with Crippen LogP contribution in [0.2, 0.25) is 0 Å². The lowest BCUT2D eigenvalue weighted by Crippen LogP contribution is -2.34. The van der Waals surface area contributed by atoms with Crippen LogP contribution in [0.4, 0.5) is 0 Å². The Bertz CT molecular complexity index is 169. The van der Waals surface area contributed by atoms with Gasteiger partial charge >= 0.3 is 0 Å². The Morgan fingerprint density at radius 3 is 2.36 bits per heavy atom. The summed E-state index contributed by atoms with van der Waals surface area (Å²) in [4.78, 5) is 11.2. The molecule has 0 aromatic heterocycles. The van der Waals surface area contributed by atoms with Crippen LogP contribution in [0.5, 0.6) is 0 Å². The molecule has 0 aromatic carbocycles. The number of carbonyl (C=O) groups excluding carboxylic acids is 1. The number of hydrogen-bond donors (Lipinski definition) is 2. The summed E-state index contributed by atoms with van der Waals surface area (Å²) < 4.78 is 0. The maximum Gasteiger partial charge on any atom is 0.135 e. The number of carbonyl (C=O) groups is 1. The first-order chi connectivity index (χ1) is 6.47. The second-order valence-corrected chi connectivity index (χ2v) is 4.27. The van der Waals surface area contributed by atoms with Crippen LogP contribution in [-0.2, 0) is 4.79 Å². The Kier molecular flexibility index (Phi) is 6.75. The lowest BCUT2D eigenvalue weighted by atomic mass is 10.00. The second kappa shape index (κ2) is 6.96. The number of ketones is 1. The maximum absolute atomic E-state index is 11.2. The molecule has 3 nitrogen and oxygen atoms in total. The Labute approximate surface area is 86.9 Å². The van der Waals surface area contributed by atoms with Crippen LogP contribution in [0, 0.1) is 11.8 Å². The molecule has 14 heavy (non-hydrogen) atoms. The zero-order valence-corrected chi connectivity index (χ0v) is 9.71. The smallest absolute Gasteiger partial charge is 0.135 e. The van der Waals surface area contributed by atoms with Crippen molar-refractivity contribution in [1.82, 2.24) is 5.32 Å². The number of rotatable bonds is 7. The molecule has 0 aromatic rings. The van der Waals surface area contributed by atoms with Crippen molar-refractivity contribution in [2.24, 2.45) is 11.8 Å². The predicted octanol–water partition coefficient (Wildman–Crippen LogP) is 1.56. The highest BCUT2D eigenvalue weighted by atomic mass is 16.3. The topological polar surface area (TPSA) is 49.3 Å². The molecule has 0 fully saturated rings. The molecule has 0 heterocycles. The van der Waals surface area contributed by atoms with E-state index in [9.17, 15) is 9.90 Å². The molecule has 0 aliphatic heterocycles. The van der Waals surface area contributed by atoms with E-state index >= 15 is 0 Å². The predicted molar refractivity (Wildman–Crippen MR) is 57.9 cm³/mol. The van der Waals surface area contributed by atoms with E-state index in [0.29, 0.717) is 18.8 Å². The molecule has 0 aliphatic carbocycles. The first-order valence-corrected chi connectivity index (χ1v) is 5.41. The SMILES string of the molecule is CCC(=O)C(C)CC(O)NCC(C)C. The maximum atomic E-state index is 11.2. The quantitative estimate of drug-likeness (QED) is 0.614. The van der Waals surface area contributed by atoms with Crippen LogP contribution >= 0.6 is 0 Å². The molecule has 0 saturated carbocycles. The standard InChI is InChI=1S/C11H23NO2/c1-5-10(13)9(4)6-11(14)12-7-8(2)3/h8-9,11-12,14H,5-7H2,1-4H3. The number of aliphatic hydroxyl groups is 1. The average molecular weight is 201 g/mol. The molecule has 0 radical (unpaired) electrons. The number of Topliss-reactive ketones (excluding diaryl/α,β-unsaturated/α-hetero) is 1. The van der Waals surface area contributed by atoms with Crippen molar-refractivity contribution in [2.45, 2.75) is 46.8 Å². The molecule has 0 spiro atoms. The fourth-order valence-electron chi connectivity index (χ4n) is 1.27. The summed E-state index contributed by atoms with van der Waals surface area (Å²) in [7, 11) is 0. The van der Waals surface area contributed by atoms with Gasteiger partial charge < -0.3 is 5.11 Å². The fraction of sp³-hybridized carbons (Fsp3) is 0.909. The first kappa shape index (κ1) is 13.6. The molecule has 2 atom stereocenters. The van der Waals surface area contributed by atoms with Gasteiger partial charge in [0.2, 0.25) is 0 Å². The molecule has 0 saturated heterocycles. The highest BCUT2D eigenvalue weighted by Gasteiger charge is 2.15. The van der Waals surface area contributed by atoms with Crippen LogP contribution in [-0.4, -0.2) is 23.7 Å². The molecule has 0 bridgehead atoms. The zero-order chi connectivity index (χ0) is 11.1. The van der Waals surface area contributed by atoms with Gasteiger partial charge in [-0.05, 0) is 18.9 Å². The van der Waals surface area contributed by atoms with Crippen molar-refractivity contribution in [3.63, 3.8) is 0 Å². The van der Waals surface area contributed by atoms with E-state index in [2.05, 4.69) is 19.2 Å². The first-order valence-electron chi connectivity index (χ1n) is 5.41. The summed E-state index contributed by atoms with van der Waals surface area (Å²) in [5, 5.41) is 12.5. The Hall–Kier alpha value is -0.410. The summed E-state index contributed by atoms with van der Waals surface area (Å²) in [5.74, 6) is 0.687. The lowest BCUT2D eigenvalue weighted by molar-refractivity contribution is -0.123. The van der Waals surface area contributed by atoms with Crippen molar-refractivity contribution >= 4 is 5.78 Å². The van der Waals surface area contributed by atoms with Crippen LogP contribution in [0.25, 0.3) is 0 Å². The number of aliphatic hydroxyl groups excluding tert-OH is 1. The van der Waals surface area contributed by atoms with Gasteiger partial charge in [0.05, 0.1) is 0 Å². The average Bonchev–Trinajstić information content (AvgIpc) is 2.13. The monoisotopic (exact) mass is 201 g/mol. The third kappa shape index (κ3) is 6.11. The van der Waals surface area contributed by atoms with Crippen LogP contribution in [0.1, 0.15) is 40.5 Å². The van der Waals surface area contributed by atoms with Gasteiger partial charge in [-0.2, -0.15) is 0 Å². The molecule has 2 unspecified atom stereocenters. The van der Waals surface area contributed by atoms with Crippen molar-refractivity contribution in [1.29, 1.82) is 0 Å². The number of nitrogens with one attached hydrogen (secondary N) is 1. The Morgan fingerprint density at radius 2 is 1.93 bits per heavy atom. The molecule has 84 valence electrons. The van der Waals surface area contributed by atoms with Crippen molar-refractivity contribution in [2.75, 3.05) is 6.54 Å². The summed E-state index contributed by atoms with van der Waals surface area (Å²) in [6.45, 7) is 8.67. The molecule has 0 aliphatic rings. The van der Waals surface area contributed by atoms with E-state index < -0.39 is 6.23 Å². The van der Waals surface area contributed by atoms with Gasteiger partial charge in [-0.1, -0.05) is 27.7 Å². The van der Waals surface area contributed by atoms with Gasteiger partial charge in [-0.25, -0.2) is 0 Å². The molecule has 0 amide bonds. The molecule has 3 heteroatoms. The van der Waals surface area contributed by atoms with Crippen molar-refractivity contribution in [3.05, 3.63) is 0 Å². The van der Waals surface area contributed by atoms with Gasteiger partial charge in [0.1, 0.15) is 12.0 Å². The highest BCUT2D eigenvalue weighted by Crippen LogP contribution is 2.08. The molecular formula is C11H23NO2. The Balaban J connectivity index is 3.70. The molecule has 0 rings (SSSR count). The summed E-state index contributed by atoms with van der Waals surface area (Å²) in [6, 6.07) is 0. The van der Waals surface area contributed by atoms with Gasteiger partial charge in [-0.15, -0.1) is 0 Å². The van der Waals surface area contributed by atoms with Gasteiger partial charge in [-0.3, -0.25) is 10.1 Å². The van der Waals surface area contributed by atoms with E-state index in [4.69, 9.17) is 0 Å². The van der Waals surface area contributed by atoms with Crippen LogP contribution in [0.15, 0.2) is 0 Å². The van der Waals surface area contributed by atoms with E-state index in [1.54, 1.807) is 0 Å². The third-order valence-electron chi connectivity index (χ3n) is 2.24. The summed E-state index contributed by atoms with van der Waals surface area (Å²) >= 11 is 0. The Morgan fingerprint density at radius 1 is 1.36 bits per heavy atom. The normalized spacial score (nSPS) is 15.6. The van der Waals surface area contributed by atoms with Gasteiger partial charge in [0.25, 0.3) is 0 Å². The van der Waals surface area contributed by atoms with Crippen molar-refractivity contribution < 1.29 is 9.90 Å². The van der Waals surface area contributed by atoms with Crippen molar-refractivity contribution in [3.8, 4) is 0 Å². The van der Waals surface area contributed by atoms with Gasteiger partial charge in [0.15, 0.2) is 0 Å². The number of hydrogen-bond acceptors (Lipinski definition) is 3. The summed E-state index contributed by atoms with van der Waals surface area (Å²) in [5.41, 5.74) is 0. The summed E-state index contributed by atoms with van der Waals surface area (Å²) in [6.07, 6.45) is 0.514. The third-order valence-corrected chi connectivity index (χ3v) is 2.24. The minimum Gasteiger partial charge on any atom is -0.379 e. The van der Waals surface area contributed by atoms with E-state index in [-0.39, 0.29) is 11.7 Å². The fourth-order valence-corrected chi connectivity index (χ4v) is 1.27. The minimum absolute atomic E-state index is 0.0466. The second-order valence-electron chi connectivity index (χ2n) is 4.27. The van der Waals surface area contributed by atoms with E-state index in [0.717, 1.165) is 6.54 Å². The molecular weight excluding hydrogens is 178 g/mol. The van der Waals surface area contributed by atoms with E-state index in [1.165, 1.54) is 0 Å². The lowest BCUT2D eigenvalue weighted by Gasteiger charge is -2.17. The van der Waals surface area contributed by atoms with Crippen LogP contribution < -0.4 is 5.32 Å².